The Labute approximate surface area is 143 Å². The maximum absolute atomic E-state index is 12.3. The van der Waals surface area contributed by atoms with Crippen LogP contribution in [0.1, 0.15) is 25.5 Å². The highest BCUT2D eigenvalue weighted by atomic mass is 79.9. The smallest absolute Gasteiger partial charge is 0.338 e. The summed E-state index contributed by atoms with van der Waals surface area (Å²) in [5, 5.41) is 6.55. The van der Waals surface area contributed by atoms with Gasteiger partial charge in [-0.3, -0.25) is 0 Å². The lowest BCUT2D eigenvalue weighted by Crippen LogP contribution is -2.45. The molecule has 5 nitrogen and oxygen atoms in total. The van der Waals surface area contributed by atoms with Crippen LogP contribution >= 0.6 is 28.1 Å². The molecule has 0 saturated carbocycles. The van der Waals surface area contributed by atoms with Gasteiger partial charge in [-0.15, -0.1) is 0 Å². The SMILES string of the molecule is CCOC(=O)C1=C(C)NC(=S)N[C@H]1c1cc(OC)ccc1Br. The Kier molecular flexibility index (Phi) is 5.42. The molecule has 22 heavy (non-hydrogen) atoms. The van der Waals surface area contributed by atoms with Gasteiger partial charge in [-0.2, -0.15) is 0 Å². The van der Waals surface area contributed by atoms with Gasteiger partial charge in [-0.1, -0.05) is 15.9 Å². The molecular weight excluding hydrogens is 368 g/mol. The van der Waals surface area contributed by atoms with Gasteiger partial charge < -0.3 is 20.1 Å². The molecule has 1 aliphatic heterocycles. The molecule has 0 aliphatic carbocycles. The number of carbonyl (C=O) groups is 1. The first-order chi connectivity index (χ1) is 10.5. The van der Waals surface area contributed by atoms with Crippen molar-refractivity contribution in [2.45, 2.75) is 19.9 Å². The van der Waals surface area contributed by atoms with Crippen molar-refractivity contribution in [1.82, 2.24) is 10.6 Å². The second kappa shape index (κ2) is 7.11. The monoisotopic (exact) mass is 384 g/mol. The second-order valence-electron chi connectivity index (χ2n) is 4.68. The van der Waals surface area contributed by atoms with E-state index < -0.39 is 6.04 Å². The number of methoxy groups -OCH3 is 1. The second-order valence-corrected chi connectivity index (χ2v) is 5.94. The minimum atomic E-state index is -0.405. The van der Waals surface area contributed by atoms with E-state index in [4.69, 9.17) is 21.7 Å². The molecule has 0 fully saturated rings. The molecule has 1 atom stereocenters. The first-order valence-electron chi connectivity index (χ1n) is 6.76. The molecule has 2 rings (SSSR count). The fraction of sp³-hybridized carbons (Fsp3) is 0.333. The number of ether oxygens (including phenoxy) is 2. The van der Waals surface area contributed by atoms with Crippen molar-refractivity contribution in [2.24, 2.45) is 0 Å². The van der Waals surface area contributed by atoms with Crippen molar-refractivity contribution in [1.29, 1.82) is 0 Å². The molecule has 1 aliphatic rings. The summed E-state index contributed by atoms with van der Waals surface area (Å²) >= 11 is 8.73. The van der Waals surface area contributed by atoms with E-state index in [1.54, 1.807) is 21.0 Å². The molecule has 0 radical (unpaired) electrons. The molecule has 0 saturated heterocycles. The highest BCUT2D eigenvalue weighted by Gasteiger charge is 2.32. The number of carbonyl (C=O) groups excluding carboxylic acids is 1. The van der Waals surface area contributed by atoms with Gasteiger partial charge in [-0.05, 0) is 49.8 Å². The number of hydrogen-bond acceptors (Lipinski definition) is 4. The summed E-state index contributed by atoms with van der Waals surface area (Å²) in [5.74, 6) is 0.326. The summed E-state index contributed by atoms with van der Waals surface area (Å²) in [6.07, 6.45) is 0. The van der Waals surface area contributed by atoms with E-state index in [0.717, 1.165) is 10.0 Å². The molecule has 0 unspecified atom stereocenters. The molecule has 0 aromatic heterocycles. The Hall–Kier alpha value is -1.60. The minimum absolute atomic E-state index is 0.312. The first kappa shape index (κ1) is 16.8. The van der Waals surface area contributed by atoms with Crippen LogP contribution < -0.4 is 15.4 Å². The van der Waals surface area contributed by atoms with Gasteiger partial charge in [0.25, 0.3) is 0 Å². The third-order valence-electron chi connectivity index (χ3n) is 3.28. The molecule has 118 valence electrons. The molecular formula is C15H17BrN2O3S. The zero-order chi connectivity index (χ0) is 16.3. The van der Waals surface area contributed by atoms with Crippen molar-refractivity contribution >= 4 is 39.2 Å². The van der Waals surface area contributed by atoms with Gasteiger partial charge in [-0.25, -0.2) is 4.79 Å². The minimum Gasteiger partial charge on any atom is -0.497 e. The van der Waals surface area contributed by atoms with Crippen LogP contribution in [-0.4, -0.2) is 24.8 Å². The van der Waals surface area contributed by atoms with Gasteiger partial charge in [0.15, 0.2) is 5.11 Å². The molecule has 0 amide bonds. The summed E-state index contributed by atoms with van der Waals surface area (Å²) < 4.78 is 11.3. The molecule has 2 N–H and O–H groups in total. The maximum atomic E-state index is 12.3. The number of nitrogens with one attached hydrogen (secondary N) is 2. The van der Waals surface area contributed by atoms with Crippen LogP contribution in [0.25, 0.3) is 0 Å². The summed E-state index contributed by atoms with van der Waals surface area (Å²) in [6, 6.07) is 5.17. The van der Waals surface area contributed by atoms with E-state index in [-0.39, 0.29) is 5.97 Å². The predicted octanol–water partition coefficient (Wildman–Crippen LogP) is 2.81. The average Bonchev–Trinajstić information content (AvgIpc) is 2.47. The van der Waals surface area contributed by atoms with E-state index in [9.17, 15) is 4.79 Å². The number of halogens is 1. The highest BCUT2D eigenvalue weighted by molar-refractivity contribution is 9.10. The van der Waals surface area contributed by atoms with Crippen molar-refractivity contribution in [3.8, 4) is 5.75 Å². The number of esters is 1. The predicted molar refractivity (Wildman–Crippen MR) is 91.6 cm³/mol. The van der Waals surface area contributed by atoms with E-state index in [2.05, 4.69) is 26.6 Å². The topological polar surface area (TPSA) is 59.6 Å². The van der Waals surface area contributed by atoms with Crippen molar-refractivity contribution in [3.05, 3.63) is 39.5 Å². The maximum Gasteiger partial charge on any atom is 0.338 e. The molecule has 1 aromatic rings. The largest absolute Gasteiger partial charge is 0.497 e. The summed E-state index contributed by atoms with van der Waals surface area (Å²) in [5.41, 5.74) is 2.04. The lowest BCUT2D eigenvalue weighted by molar-refractivity contribution is -0.139. The zero-order valence-electron chi connectivity index (χ0n) is 12.5. The third kappa shape index (κ3) is 3.41. The Bertz CT molecular complexity index is 646. The van der Waals surface area contributed by atoms with Gasteiger partial charge in [0.05, 0.1) is 25.3 Å². The summed E-state index contributed by atoms with van der Waals surface area (Å²) in [7, 11) is 1.60. The molecule has 0 spiro atoms. The average molecular weight is 385 g/mol. The van der Waals surface area contributed by atoms with Crippen LogP contribution in [0.4, 0.5) is 0 Å². The fourth-order valence-corrected chi connectivity index (χ4v) is 3.02. The van der Waals surface area contributed by atoms with Crippen molar-refractivity contribution in [3.63, 3.8) is 0 Å². The lowest BCUT2D eigenvalue weighted by atomic mass is 9.95. The summed E-state index contributed by atoms with van der Waals surface area (Å²) in [4.78, 5) is 12.3. The van der Waals surface area contributed by atoms with E-state index in [1.165, 1.54) is 0 Å². The lowest BCUT2D eigenvalue weighted by Gasteiger charge is -2.30. The van der Waals surface area contributed by atoms with Crippen LogP contribution in [0.5, 0.6) is 5.75 Å². The van der Waals surface area contributed by atoms with E-state index >= 15 is 0 Å². The number of thiocarbonyl (C=S) groups is 1. The number of rotatable bonds is 4. The first-order valence-corrected chi connectivity index (χ1v) is 7.96. The third-order valence-corrected chi connectivity index (χ3v) is 4.22. The Morgan fingerprint density at radius 2 is 2.18 bits per heavy atom. The fourth-order valence-electron chi connectivity index (χ4n) is 2.28. The molecule has 1 aromatic carbocycles. The molecule has 7 heteroatoms. The Morgan fingerprint density at radius 1 is 1.45 bits per heavy atom. The van der Waals surface area contributed by atoms with Gasteiger partial charge in [0, 0.05) is 10.2 Å². The Balaban J connectivity index is 2.52. The highest BCUT2D eigenvalue weighted by Crippen LogP contribution is 2.34. The quantitative estimate of drug-likeness (QED) is 0.614. The van der Waals surface area contributed by atoms with E-state index in [1.807, 2.05) is 18.2 Å². The number of hydrogen-bond donors (Lipinski definition) is 2. The van der Waals surface area contributed by atoms with Crippen LogP contribution in [0.3, 0.4) is 0 Å². The van der Waals surface area contributed by atoms with Crippen LogP contribution in [0, 0.1) is 0 Å². The van der Waals surface area contributed by atoms with Gasteiger partial charge >= 0.3 is 5.97 Å². The molecule has 1 heterocycles. The summed E-state index contributed by atoms with van der Waals surface area (Å²) in [6.45, 7) is 3.89. The standard InChI is InChI=1S/C15H17BrN2O3S/c1-4-21-14(19)12-8(2)17-15(22)18-13(12)10-7-9(20-3)5-6-11(10)16/h5-7,13H,4H2,1-3H3,(H2,17,18,22)/t13-/m0/s1. The van der Waals surface area contributed by atoms with Crippen LogP contribution in [0.2, 0.25) is 0 Å². The van der Waals surface area contributed by atoms with Gasteiger partial charge in [0.2, 0.25) is 0 Å². The zero-order valence-corrected chi connectivity index (χ0v) is 14.9. The molecule has 0 bridgehead atoms. The van der Waals surface area contributed by atoms with E-state index in [0.29, 0.717) is 28.7 Å². The Morgan fingerprint density at radius 3 is 2.82 bits per heavy atom. The van der Waals surface area contributed by atoms with Crippen LogP contribution in [-0.2, 0) is 9.53 Å². The van der Waals surface area contributed by atoms with Crippen molar-refractivity contribution < 1.29 is 14.3 Å². The van der Waals surface area contributed by atoms with Crippen molar-refractivity contribution in [2.75, 3.05) is 13.7 Å². The van der Waals surface area contributed by atoms with Crippen LogP contribution in [0.15, 0.2) is 33.9 Å². The number of allylic oxidation sites excluding steroid dienone is 1. The number of benzene rings is 1. The van der Waals surface area contributed by atoms with Gasteiger partial charge in [0.1, 0.15) is 5.75 Å². The normalized spacial score (nSPS) is 17.6.